The van der Waals surface area contributed by atoms with Gasteiger partial charge in [-0.3, -0.25) is 9.13 Å². The molecule has 4 aliphatic heterocycles. The van der Waals surface area contributed by atoms with E-state index in [1.165, 1.54) is 0 Å². The van der Waals surface area contributed by atoms with Gasteiger partial charge in [0.1, 0.15) is 29.3 Å². The minimum Gasteiger partial charge on any atom is -0.291 e. The molecule has 0 saturated carbocycles. The summed E-state index contributed by atoms with van der Waals surface area (Å²) in [6, 6.07) is 17.4. The van der Waals surface area contributed by atoms with E-state index in [2.05, 4.69) is 113 Å². The van der Waals surface area contributed by atoms with Crippen LogP contribution in [0.25, 0.3) is 21.5 Å². The van der Waals surface area contributed by atoms with E-state index < -0.39 is 0 Å². The molecular weight excluding hydrogens is 605 g/mol. The summed E-state index contributed by atoms with van der Waals surface area (Å²) in [4.78, 5) is 32.5. The molecule has 2 aromatic heterocycles. The predicted octanol–water partition coefficient (Wildman–Crippen LogP) is 7.51. The maximum absolute atomic E-state index is 5.49. The summed E-state index contributed by atoms with van der Waals surface area (Å²) in [5.74, 6) is 4.39. The van der Waals surface area contributed by atoms with Gasteiger partial charge in [-0.15, -0.1) is 0 Å². The Hall–Kier alpha value is -5.76. The third-order valence-corrected chi connectivity index (χ3v) is 10.9. The van der Waals surface area contributed by atoms with Crippen molar-refractivity contribution in [1.29, 1.82) is 0 Å². The van der Waals surface area contributed by atoms with E-state index >= 15 is 0 Å². The van der Waals surface area contributed by atoms with Gasteiger partial charge in [-0.25, -0.2) is 30.0 Å². The number of fused-ring (bicyclic) bond motifs is 14. The summed E-state index contributed by atoms with van der Waals surface area (Å²) in [6.45, 7) is 17.6. The summed E-state index contributed by atoms with van der Waals surface area (Å²) in [6.07, 6.45) is 0. The lowest BCUT2D eigenvalue weighted by Crippen LogP contribution is -2.32. The number of hydrogen-bond acceptors (Lipinski definition) is 6. The van der Waals surface area contributed by atoms with Crippen LogP contribution in [0.1, 0.15) is 66.8 Å². The SMILES string of the molecule is Cc1ccc(C)c2c1C1=NC2=Nc2c3c(C)ccc(C)c3c3n2Cn2c(c4c(C)ccc(C)c4c2=NC2=NC(=N3)c3c(C)ccc(C)c32)=N1. The molecule has 0 radical (unpaired) electrons. The zero-order valence-electron chi connectivity index (χ0n) is 28.9. The Morgan fingerprint density at radius 2 is 0.653 bits per heavy atom. The Balaban J connectivity index is 1.52. The molecule has 0 spiro atoms. The number of hydrogen-bond donors (Lipinski definition) is 0. The lowest BCUT2D eigenvalue weighted by Gasteiger charge is -2.13. The summed E-state index contributed by atoms with van der Waals surface area (Å²) in [5, 5.41) is 4.30. The third kappa shape index (κ3) is 3.58. The van der Waals surface area contributed by atoms with Gasteiger partial charge in [-0.05, 0) is 99.9 Å². The molecule has 8 heteroatoms. The standard InChI is InChI=1S/C41H34N8/c1-18-9-10-19(2)27-26(18)34-42-35(27)45-39-32-24(7)15-16-25(8)33(32)41-47-37-29-21(4)12-11-20(3)28(29)36(43-37)46-40-31-23(6)14-13-22(5)30(31)38(44-34)48(40)17-49(39)41/h9-16H,17H2,1-8H3. The van der Waals surface area contributed by atoms with Crippen LogP contribution in [0.4, 0.5) is 11.6 Å². The highest BCUT2D eigenvalue weighted by atomic mass is 15.3. The van der Waals surface area contributed by atoms with Gasteiger partial charge in [0, 0.05) is 43.8 Å². The molecule has 0 unspecified atom stereocenters. The molecule has 10 rings (SSSR count). The predicted molar refractivity (Wildman–Crippen MR) is 198 cm³/mol. The van der Waals surface area contributed by atoms with Gasteiger partial charge < -0.3 is 0 Å². The summed E-state index contributed by atoms with van der Waals surface area (Å²) in [7, 11) is 0. The Morgan fingerprint density at radius 1 is 0.347 bits per heavy atom. The fraction of sp³-hybridized carbons (Fsp3) is 0.220. The van der Waals surface area contributed by atoms with Crippen LogP contribution in [0.5, 0.6) is 0 Å². The second kappa shape index (κ2) is 9.44. The molecule has 4 aliphatic rings. The molecule has 6 aromatic rings. The average Bonchev–Trinajstić information content (AvgIpc) is 3.79. The summed E-state index contributed by atoms with van der Waals surface area (Å²) < 4.78 is 4.50. The molecule has 0 N–H and O–H groups in total. The fourth-order valence-electron chi connectivity index (χ4n) is 8.31. The molecule has 0 saturated heterocycles. The van der Waals surface area contributed by atoms with Crippen LogP contribution in [-0.4, -0.2) is 32.5 Å². The molecule has 0 aliphatic carbocycles. The number of nitrogens with zero attached hydrogens (tertiary/aromatic N) is 8. The van der Waals surface area contributed by atoms with Gasteiger partial charge in [0.2, 0.25) is 0 Å². The van der Waals surface area contributed by atoms with E-state index in [1.807, 2.05) is 0 Å². The second-order valence-corrected chi connectivity index (χ2v) is 14.1. The van der Waals surface area contributed by atoms with Crippen molar-refractivity contribution in [2.45, 2.75) is 62.1 Å². The molecule has 6 heterocycles. The third-order valence-electron chi connectivity index (χ3n) is 10.9. The van der Waals surface area contributed by atoms with Gasteiger partial charge in [0.15, 0.2) is 23.3 Å². The first kappa shape index (κ1) is 28.3. The normalized spacial score (nSPS) is 15.3. The summed E-state index contributed by atoms with van der Waals surface area (Å²) >= 11 is 0. The molecule has 0 atom stereocenters. The minimum atomic E-state index is 0.417. The minimum absolute atomic E-state index is 0.417. The highest BCUT2D eigenvalue weighted by Crippen LogP contribution is 2.44. The molecule has 4 aromatic carbocycles. The van der Waals surface area contributed by atoms with Crippen molar-refractivity contribution in [3.05, 3.63) is 126 Å². The van der Waals surface area contributed by atoms with Crippen molar-refractivity contribution in [1.82, 2.24) is 9.13 Å². The monoisotopic (exact) mass is 638 g/mol. The van der Waals surface area contributed by atoms with Crippen LogP contribution < -0.4 is 11.0 Å². The van der Waals surface area contributed by atoms with Crippen molar-refractivity contribution in [2.75, 3.05) is 0 Å². The Morgan fingerprint density at radius 3 is 1.02 bits per heavy atom. The molecule has 6 bridgehead atoms. The number of aryl methyl sites for hydroxylation is 8. The average molecular weight is 639 g/mol. The molecular formula is C41H34N8. The van der Waals surface area contributed by atoms with Crippen LogP contribution in [-0.2, 0) is 6.67 Å². The number of benzene rings is 4. The lowest BCUT2D eigenvalue weighted by molar-refractivity contribution is 0.583. The molecule has 49 heavy (non-hydrogen) atoms. The number of rotatable bonds is 0. The summed E-state index contributed by atoms with van der Waals surface area (Å²) in [5.41, 5.74) is 14.8. The van der Waals surface area contributed by atoms with Crippen LogP contribution in [0.3, 0.4) is 0 Å². The zero-order chi connectivity index (χ0) is 33.6. The topological polar surface area (TPSA) is 84.0 Å². The van der Waals surface area contributed by atoms with E-state index in [4.69, 9.17) is 30.0 Å². The first-order valence-electron chi connectivity index (χ1n) is 16.9. The van der Waals surface area contributed by atoms with Crippen molar-refractivity contribution >= 4 is 56.5 Å². The quantitative estimate of drug-likeness (QED) is 0.165. The maximum atomic E-state index is 5.49. The van der Waals surface area contributed by atoms with Crippen molar-refractivity contribution in [3.8, 4) is 0 Å². The molecule has 0 amide bonds. The Bertz CT molecular complexity index is 2680. The first-order valence-corrected chi connectivity index (χ1v) is 16.9. The Labute approximate surface area is 283 Å². The van der Waals surface area contributed by atoms with Gasteiger partial charge in [-0.2, -0.15) is 0 Å². The van der Waals surface area contributed by atoms with Gasteiger partial charge in [0.25, 0.3) is 0 Å². The molecule has 238 valence electrons. The van der Waals surface area contributed by atoms with E-state index in [1.54, 1.807) is 0 Å². The van der Waals surface area contributed by atoms with Crippen molar-refractivity contribution in [3.63, 3.8) is 0 Å². The molecule has 0 fully saturated rings. The maximum Gasteiger partial charge on any atom is 0.165 e. The van der Waals surface area contributed by atoms with Crippen molar-refractivity contribution < 1.29 is 0 Å². The van der Waals surface area contributed by atoms with Crippen LogP contribution >= 0.6 is 0 Å². The van der Waals surface area contributed by atoms with E-state index in [-0.39, 0.29) is 0 Å². The van der Waals surface area contributed by atoms with Crippen LogP contribution in [0, 0.1) is 55.4 Å². The highest BCUT2D eigenvalue weighted by molar-refractivity contribution is 6.26. The van der Waals surface area contributed by atoms with Gasteiger partial charge in [-0.1, -0.05) is 48.5 Å². The largest absolute Gasteiger partial charge is 0.291 e. The van der Waals surface area contributed by atoms with Crippen molar-refractivity contribution in [2.24, 2.45) is 30.0 Å². The molecule has 8 nitrogen and oxygen atoms in total. The lowest BCUT2D eigenvalue weighted by atomic mass is 9.97. The number of aromatic nitrogens is 2. The zero-order valence-corrected chi connectivity index (χ0v) is 28.9. The van der Waals surface area contributed by atoms with Gasteiger partial charge in [0.05, 0.1) is 0 Å². The fourth-order valence-corrected chi connectivity index (χ4v) is 8.31. The highest BCUT2D eigenvalue weighted by Gasteiger charge is 2.33. The van der Waals surface area contributed by atoms with E-state index in [9.17, 15) is 0 Å². The first-order chi connectivity index (χ1) is 23.6. The van der Waals surface area contributed by atoms with E-state index in [0.29, 0.717) is 30.0 Å². The smallest absolute Gasteiger partial charge is 0.165 e. The van der Waals surface area contributed by atoms with Crippen LogP contribution in [0.2, 0.25) is 0 Å². The van der Waals surface area contributed by atoms with Crippen LogP contribution in [0.15, 0.2) is 78.5 Å². The number of aliphatic imine (C=N–C) groups is 4. The number of amidine groups is 4. The Kier molecular flexibility index (Phi) is 5.45. The van der Waals surface area contributed by atoms with Gasteiger partial charge >= 0.3 is 0 Å². The van der Waals surface area contributed by atoms with E-state index in [0.717, 1.165) is 111 Å². The second-order valence-electron chi connectivity index (χ2n) is 14.1.